The number of amides is 1. The number of carbonyl (C=O) groups is 1. The highest BCUT2D eigenvalue weighted by Gasteiger charge is 2.34. The molecule has 1 saturated carbocycles. The Morgan fingerprint density at radius 2 is 2.16 bits per heavy atom. The Kier molecular flexibility index (Phi) is 5.97. The van der Waals surface area contributed by atoms with E-state index >= 15 is 0 Å². The minimum Gasteiger partial charge on any atom is -0.387 e. The molecule has 1 aliphatic rings. The van der Waals surface area contributed by atoms with E-state index in [1.54, 1.807) is 7.11 Å². The summed E-state index contributed by atoms with van der Waals surface area (Å²) in [6.07, 6.45) is 4.65. The van der Waals surface area contributed by atoms with Crippen LogP contribution in [0.5, 0.6) is 0 Å². The summed E-state index contributed by atoms with van der Waals surface area (Å²) in [7, 11) is 1.59. The Balaban J connectivity index is 2.43. The van der Waals surface area contributed by atoms with E-state index < -0.39 is 11.6 Å². The van der Waals surface area contributed by atoms with Gasteiger partial charge in [-0.25, -0.2) is 0 Å². The number of rotatable bonds is 5. The summed E-state index contributed by atoms with van der Waals surface area (Å²) in [5, 5.41) is 13.1. The molecule has 1 atom stereocenters. The molecular weight excluding hydrogens is 244 g/mol. The molecule has 110 valence electrons. The fourth-order valence-corrected chi connectivity index (χ4v) is 2.39. The minimum absolute atomic E-state index is 0.0975. The van der Waals surface area contributed by atoms with Crippen LogP contribution in [0, 0.1) is 0 Å². The van der Waals surface area contributed by atoms with E-state index in [9.17, 15) is 9.90 Å². The van der Waals surface area contributed by atoms with Crippen LogP contribution in [0.1, 0.15) is 39.5 Å². The number of carbonyl (C=O) groups excluding carboxylic acids is 1. The van der Waals surface area contributed by atoms with Gasteiger partial charge >= 0.3 is 0 Å². The van der Waals surface area contributed by atoms with Gasteiger partial charge in [0.05, 0.1) is 12.2 Å². The lowest BCUT2D eigenvalue weighted by molar-refractivity contribution is -0.123. The normalized spacial score (nSPS) is 29.9. The molecule has 0 unspecified atom stereocenters. The summed E-state index contributed by atoms with van der Waals surface area (Å²) in [5.41, 5.74) is 5.97. The SMILES string of the molecule is C/C=C(/C)[C@@H](N)C(=O)NC1CCC(O)(COC)CC1. The second-order valence-corrected chi connectivity index (χ2v) is 5.45. The summed E-state index contributed by atoms with van der Waals surface area (Å²) < 4.78 is 5.02. The first kappa shape index (κ1) is 16.1. The Labute approximate surface area is 115 Å². The third-order valence-electron chi connectivity index (χ3n) is 3.90. The summed E-state index contributed by atoms with van der Waals surface area (Å²) in [6.45, 7) is 4.07. The standard InChI is InChI=1S/C14H26N2O3/c1-4-10(2)12(15)13(17)16-11-5-7-14(18,8-6-11)9-19-3/h4,11-12,18H,5-9,15H2,1-3H3,(H,16,17)/b10-4-/t11?,12-,14?/m1/s1. The smallest absolute Gasteiger partial charge is 0.241 e. The lowest BCUT2D eigenvalue weighted by atomic mass is 9.82. The second kappa shape index (κ2) is 7.03. The third kappa shape index (κ3) is 4.60. The molecule has 0 heterocycles. The van der Waals surface area contributed by atoms with Crippen LogP contribution >= 0.6 is 0 Å². The van der Waals surface area contributed by atoms with Crippen molar-refractivity contribution in [2.75, 3.05) is 13.7 Å². The van der Waals surface area contributed by atoms with Gasteiger partial charge in [0.1, 0.15) is 6.04 Å². The molecule has 0 aromatic rings. The number of ether oxygens (including phenoxy) is 1. The Morgan fingerprint density at radius 1 is 1.58 bits per heavy atom. The molecule has 0 aromatic carbocycles. The predicted molar refractivity (Wildman–Crippen MR) is 74.6 cm³/mol. The summed E-state index contributed by atoms with van der Waals surface area (Å²) in [5.74, 6) is -0.141. The van der Waals surface area contributed by atoms with Crippen molar-refractivity contribution in [1.82, 2.24) is 5.32 Å². The molecule has 1 aliphatic carbocycles. The van der Waals surface area contributed by atoms with Crippen molar-refractivity contribution < 1.29 is 14.6 Å². The van der Waals surface area contributed by atoms with Gasteiger partial charge in [-0.3, -0.25) is 4.79 Å². The summed E-state index contributed by atoms with van der Waals surface area (Å²) in [4.78, 5) is 11.9. The molecule has 0 aromatic heterocycles. The van der Waals surface area contributed by atoms with Crippen LogP contribution < -0.4 is 11.1 Å². The molecule has 0 bridgehead atoms. The fourth-order valence-electron chi connectivity index (χ4n) is 2.39. The van der Waals surface area contributed by atoms with Gasteiger partial charge in [-0.05, 0) is 39.5 Å². The molecule has 1 amide bonds. The number of nitrogens with two attached hydrogens (primary N) is 1. The van der Waals surface area contributed by atoms with Crippen LogP contribution in [0.25, 0.3) is 0 Å². The van der Waals surface area contributed by atoms with E-state index in [0.29, 0.717) is 19.4 Å². The molecule has 5 nitrogen and oxygen atoms in total. The van der Waals surface area contributed by atoms with Gasteiger partial charge in [-0.2, -0.15) is 0 Å². The van der Waals surface area contributed by atoms with E-state index in [0.717, 1.165) is 18.4 Å². The quantitative estimate of drug-likeness (QED) is 0.643. The Hall–Kier alpha value is -0.910. The summed E-state index contributed by atoms with van der Waals surface area (Å²) in [6, 6.07) is -0.481. The molecule has 1 rings (SSSR count). The van der Waals surface area contributed by atoms with Gasteiger partial charge in [0.25, 0.3) is 0 Å². The zero-order valence-electron chi connectivity index (χ0n) is 12.1. The van der Waals surface area contributed by atoms with Gasteiger partial charge in [-0.15, -0.1) is 0 Å². The number of methoxy groups -OCH3 is 1. The van der Waals surface area contributed by atoms with Crippen molar-refractivity contribution in [3.8, 4) is 0 Å². The van der Waals surface area contributed by atoms with Gasteiger partial charge < -0.3 is 20.9 Å². The maximum atomic E-state index is 11.9. The van der Waals surface area contributed by atoms with Crippen LogP contribution in [0.2, 0.25) is 0 Å². The lowest BCUT2D eigenvalue weighted by Crippen LogP contribution is -2.49. The first-order chi connectivity index (χ1) is 8.91. The number of nitrogens with one attached hydrogen (secondary N) is 1. The van der Waals surface area contributed by atoms with Crippen LogP contribution in [-0.2, 0) is 9.53 Å². The van der Waals surface area contributed by atoms with E-state index in [-0.39, 0.29) is 11.9 Å². The maximum absolute atomic E-state index is 11.9. The number of aliphatic hydroxyl groups is 1. The summed E-state index contributed by atoms with van der Waals surface area (Å²) >= 11 is 0. The van der Waals surface area contributed by atoms with Gasteiger partial charge in [0.15, 0.2) is 0 Å². The topological polar surface area (TPSA) is 84.6 Å². The zero-order valence-corrected chi connectivity index (χ0v) is 12.1. The third-order valence-corrected chi connectivity index (χ3v) is 3.90. The number of hydrogen-bond donors (Lipinski definition) is 3. The maximum Gasteiger partial charge on any atom is 0.241 e. The average Bonchev–Trinajstić information content (AvgIpc) is 2.40. The number of allylic oxidation sites excluding steroid dienone is 1. The lowest BCUT2D eigenvalue weighted by Gasteiger charge is -2.36. The van der Waals surface area contributed by atoms with E-state index in [4.69, 9.17) is 10.5 Å². The molecule has 1 fully saturated rings. The van der Waals surface area contributed by atoms with Gasteiger partial charge in [0, 0.05) is 13.2 Å². The minimum atomic E-state index is -0.739. The predicted octanol–water partition coefficient (Wildman–Crippen LogP) is 0.716. The zero-order chi connectivity index (χ0) is 14.5. The van der Waals surface area contributed by atoms with Crippen molar-refractivity contribution in [2.45, 2.75) is 57.2 Å². The average molecular weight is 270 g/mol. The van der Waals surface area contributed by atoms with Crippen LogP contribution in [0.15, 0.2) is 11.6 Å². The van der Waals surface area contributed by atoms with Gasteiger partial charge in [-0.1, -0.05) is 11.6 Å². The van der Waals surface area contributed by atoms with Crippen molar-refractivity contribution >= 4 is 5.91 Å². The molecule has 4 N–H and O–H groups in total. The first-order valence-corrected chi connectivity index (χ1v) is 6.82. The Bertz CT molecular complexity index is 334. The Morgan fingerprint density at radius 3 is 2.63 bits per heavy atom. The highest BCUT2D eigenvalue weighted by Crippen LogP contribution is 2.28. The van der Waals surface area contributed by atoms with Crippen molar-refractivity contribution in [2.24, 2.45) is 5.73 Å². The largest absolute Gasteiger partial charge is 0.387 e. The van der Waals surface area contributed by atoms with Crippen molar-refractivity contribution in [1.29, 1.82) is 0 Å². The monoisotopic (exact) mass is 270 g/mol. The molecule has 0 radical (unpaired) electrons. The van der Waals surface area contributed by atoms with Gasteiger partial charge in [0.2, 0.25) is 5.91 Å². The van der Waals surface area contributed by atoms with Crippen molar-refractivity contribution in [3.63, 3.8) is 0 Å². The first-order valence-electron chi connectivity index (χ1n) is 6.82. The van der Waals surface area contributed by atoms with Crippen LogP contribution in [0.3, 0.4) is 0 Å². The molecule has 0 aliphatic heterocycles. The highest BCUT2D eigenvalue weighted by molar-refractivity contribution is 5.84. The van der Waals surface area contributed by atoms with E-state index in [1.165, 1.54) is 0 Å². The molecule has 0 spiro atoms. The van der Waals surface area contributed by atoms with E-state index in [2.05, 4.69) is 5.32 Å². The van der Waals surface area contributed by atoms with E-state index in [1.807, 2.05) is 19.9 Å². The second-order valence-electron chi connectivity index (χ2n) is 5.45. The van der Waals surface area contributed by atoms with Crippen LogP contribution in [-0.4, -0.2) is 42.4 Å². The molecular formula is C14H26N2O3. The molecule has 5 heteroatoms. The fraction of sp³-hybridized carbons (Fsp3) is 0.786. The number of hydrogen-bond acceptors (Lipinski definition) is 4. The van der Waals surface area contributed by atoms with Crippen LogP contribution in [0.4, 0.5) is 0 Å². The molecule has 19 heavy (non-hydrogen) atoms. The highest BCUT2D eigenvalue weighted by atomic mass is 16.5. The van der Waals surface area contributed by atoms with Crippen molar-refractivity contribution in [3.05, 3.63) is 11.6 Å². The molecule has 0 saturated heterocycles.